The lowest BCUT2D eigenvalue weighted by Gasteiger charge is -2.08. The molecule has 9 nitrogen and oxygen atoms in total. The Hall–Kier alpha value is -4.47. The summed E-state index contributed by atoms with van der Waals surface area (Å²) in [6, 6.07) is 16.3. The Balaban J connectivity index is 1.31. The minimum atomic E-state index is -0.639. The summed E-state index contributed by atoms with van der Waals surface area (Å²) in [6.45, 7) is 0.220. The van der Waals surface area contributed by atoms with Crippen LogP contribution in [-0.4, -0.2) is 15.4 Å². The Morgan fingerprint density at radius 3 is 2.61 bits per heavy atom. The summed E-state index contributed by atoms with van der Waals surface area (Å²) in [4.78, 5) is 34.6. The summed E-state index contributed by atoms with van der Waals surface area (Å²) in [7, 11) is 0. The highest BCUT2D eigenvalue weighted by molar-refractivity contribution is 5.90. The van der Waals surface area contributed by atoms with Crippen molar-refractivity contribution >= 4 is 28.4 Å². The van der Waals surface area contributed by atoms with E-state index in [9.17, 15) is 24.1 Å². The number of non-ortho nitro benzene ring substituents is 1. The first-order valence-corrected chi connectivity index (χ1v) is 10.0. The average molecular weight is 451 g/mol. The van der Waals surface area contributed by atoms with Gasteiger partial charge in [0.1, 0.15) is 17.3 Å². The molecule has 4 rings (SSSR count). The molecule has 3 aromatic carbocycles. The second kappa shape index (κ2) is 9.35. The standard InChI is InChI=1S/C23H18FN3O6/c24-15-3-1-4-19(13-15)32-18-9-6-16(7-10-18)25-22(28)5-2-12-26-20-11-8-17(27(30)31)14-21(20)33-23(26)29/h1,3-4,6-11,13-14H,2,5,12H2,(H,25,28). The number of aromatic nitrogens is 1. The first-order chi connectivity index (χ1) is 15.9. The highest BCUT2D eigenvalue weighted by atomic mass is 19.1. The lowest BCUT2D eigenvalue weighted by atomic mass is 10.2. The van der Waals surface area contributed by atoms with Gasteiger partial charge in [-0.2, -0.15) is 0 Å². The third-order valence-electron chi connectivity index (χ3n) is 4.82. The van der Waals surface area contributed by atoms with Gasteiger partial charge in [-0.1, -0.05) is 6.07 Å². The van der Waals surface area contributed by atoms with Crippen LogP contribution in [0.25, 0.3) is 11.1 Å². The number of nitro groups is 1. The molecule has 168 valence electrons. The van der Waals surface area contributed by atoms with Crippen molar-refractivity contribution in [2.24, 2.45) is 0 Å². The predicted octanol–water partition coefficient (Wildman–Crippen LogP) is 4.85. The molecule has 33 heavy (non-hydrogen) atoms. The number of hydrogen-bond acceptors (Lipinski definition) is 6. The number of anilines is 1. The van der Waals surface area contributed by atoms with E-state index in [4.69, 9.17) is 9.15 Å². The molecular weight excluding hydrogens is 433 g/mol. The Morgan fingerprint density at radius 1 is 1.09 bits per heavy atom. The van der Waals surface area contributed by atoms with E-state index in [1.54, 1.807) is 36.4 Å². The van der Waals surface area contributed by atoms with Crippen molar-refractivity contribution < 1.29 is 23.3 Å². The lowest BCUT2D eigenvalue weighted by Crippen LogP contribution is -2.17. The SMILES string of the molecule is O=C(CCCn1c(=O)oc2cc([N+](=O)[O-])ccc21)Nc1ccc(Oc2cccc(F)c2)cc1. The maximum absolute atomic E-state index is 13.2. The Labute approximate surface area is 186 Å². The molecule has 1 heterocycles. The normalized spacial score (nSPS) is 10.8. The molecule has 10 heteroatoms. The Bertz CT molecular complexity index is 1380. The van der Waals surface area contributed by atoms with Gasteiger partial charge in [0.05, 0.1) is 16.5 Å². The summed E-state index contributed by atoms with van der Waals surface area (Å²) in [5.41, 5.74) is 0.944. The van der Waals surface area contributed by atoms with Crippen molar-refractivity contribution in [2.75, 3.05) is 5.32 Å². The molecular formula is C23H18FN3O6. The van der Waals surface area contributed by atoms with E-state index in [2.05, 4.69) is 5.32 Å². The van der Waals surface area contributed by atoms with E-state index >= 15 is 0 Å². The van der Waals surface area contributed by atoms with Gasteiger partial charge in [-0.05, 0) is 48.9 Å². The van der Waals surface area contributed by atoms with Gasteiger partial charge in [0, 0.05) is 30.8 Å². The molecule has 0 fully saturated rings. The highest BCUT2D eigenvalue weighted by Crippen LogP contribution is 2.24. The average Bonchev–Trinajstić information content (AvgIpc) is 3.09. The monoisotopic (exact) mass is 451 g/mol. The van der Waals surface area contributed by atoms with Crippen molar-refractivity contribution in [3.05, 3.63) is 93.2 Å². The van der Waals surface area contributed by atoms with E-state index in [-0.39, 0.29) is 30.1 Å². The lowest BCUT2D eigenvalue weighted by molar-refractivity contribution is -0.384. The van der Waals surface area contributed by atoms with Gasteiger partial charge in [0.25, 0.3) is 5.69 Å². The zero-order valence-corrected chi connectivity index (χ0v) is 17.2. The van der Waals surface area contributed by atoms with Crippen LogP contribution in [0.15, 0.2) is 75.9 Å². The number of nitro benzene ring substituents is 1. The van der Waals surface area contributed by atoms with Crippen LogP contribution >= 0.6 is 0 Å². The molecule has 0 aliphatic heterocycles. The topological polar surface area (TPSA) is 117 Å². The summed E-state index contributed by atoms with van der Waals surface area (Å²) >= 11 is 0. The zero-order chi connectivity index (χ0) is 23.4. The summed E-state index contributed by atoms with van der Waals surface area (Å²) in [6.07, 6.45) is 0.506. The third-order valence-corrected chi connectivity index (χ3v) is 4.82. The van der Waals surface area contributed by atoms with Crippen molar-refractivity contribution in [3.8, 4) is 11.5 Å². The van der Waals surface area contributed by atoms with E-state index in [1.165, 1.54) is 34.9 Å². The molecule has 1 N–H and O–H groups in total. The van der Waals surface area contributed by atoms with Crippen molar-refractivity contribution in [1.82, 2.24) is 4.57 Å². The number of hydrogen-bond donors (Lipinski definition) is 1. The van der Waals surface area contributed by atoms with Crippen LogP contribution in [0.2, 0.25) is 0 Å². The van der Waals surface area contributed by atoms with Crippen molar-refractivity contribution in [1.29, 1.82) is 0 Å². The largest absolute Gasteiger partial charge is 0.457 e. The van der Waals surface area contributed by atoms with Gasteiger partial charge in [0.2, 0.25) is 5.91 Å². The van der Waals surface area contributed by atoms with E-state index in [0.717, 1.165) is 0 Å². The minimum absolute atomic E-state index is 0.124. The molecule has 0 spiro atoms. The minimum Gasteiger partial charge on any atom is -0.457 e. The van der Waals surface area contributed by atoms with Gasteiger partial charge in [-0.25, -0.2) is 9.18 Å². The number of fused-ring (bicyclic) bond motifs is 1. The van der Waals surface area contributed by atoms with Crippen LogP contribution in [0.4, 0.5) is 15.8 Å². The van der Waals surface area contributed by atoms with Crippen molar-refractivity contribution in [3.63, 3.8) is 0 Å². The fourth-order valence-corrected chi connectivity index (χ4v) is 3.27. The van der Waals surface area contributed by atoms with Gasteiger partial charge in [-0.15, -0.1) is 0 Å². The molecule has 0 bridgehead atoms. The number of amides is 1. The molecule has 0 aliphatic rings. The maximum atomic E-state index is 13.2. The Kier molecular flexibility index (Phi) is 6.16. The van der Waals surface area contributed by atoms with Crippen LogP contribution in [0, 0.1) is 15.9 Å². The second-order valence-electron chi connectivity index (χ2n) is 7.16. The van der Waals surface area contributed by atoms with Gasteiger partial charge < -0.3 is 14.5 Å². The number of oxazole rings is 1. The number of nitrogens with one attached hydrogen (secondary N) is 1. The molecule has 4 aromatic rings. The number of ether oxygens (including phenoxy) is 1. The second-order valence-corrected chi connectivity index (χ2v) is 7.16. The number of aryl methyl sites for hydroxylation is 1. The smallest absolute Gasteiger partial charge is 0.419 e. The number of nitrogens with zero attached hydrogens (tertiary/aromatic N) is 2. The fourth-order valence-electron chi connectivity index (χ4n) is 3.27. The highest BCUT2D eigenvalue weighted by Gasteiger charge is 2.14. The van der Waals surface area contributed by atoms with Crippen LogP contribution < -0.4 is 15.8 Å². The number of benzene rings is 3. The fraction of sp³-hybridized carbons (Fsp3) is 0.130. The first-order valence-electron chi connectivity index (χ1n) is 10.0. The first kappa shape index (κ1) is 21.8. The zero-order valence-electron chi connectivity index (χ0n) is 17.2. The van der Waals surface area contributed by atoms with Gasteiger partial charge >= 0.3 is 5.76 Å². The van der Waals surface area contributed by atoms with Crippen LogP contribution in [0.3, 0.4) is 0 Å². The van der Waals surface area contributed by atoms with Crippen LogP contribution in [-0.2, 0) is 11.3 Å². The molecule has 0 radical (unpaired) electrons. The summed E-state index contributed by atoms with van der Waals surface area (Å²) < 4.78 is 25.2. The van der Waals surface area contributed by atoms with Crippen LogP contribution in [0.5, 0.6) is 11.5 Å². The molecule has 0 saturated heterocycles. The molecule has 1 aromatic heterocycles. The Morgan fingerprint density at radius 2 is 1.88 bits per heavy atom. The van der Waals surface area contributed by atoms with Crippen molar-refractivity contribution in [2.45, 2.75) is 19.4 Å². The molecule has 0 atom stereocenters. The molecule has 0 aliphatic carbocycles. The van der Waals surface area contributed by atoms with Crippen LogP contribution in [0.1, 0.15) is 12.8 Å². The van der Waals surface area contributed by atoms with Gasteiger partial charge in [0.15, 0.2) is 5.58 Å². The maximum Gasteiger partial charge on any atom is 0.419 e. The van der Waals surface area contributed by atoms with E-state index < -0.39 is 16.5 Å². The molecule has 0 unspecified atom stereocenters. The number of carbonyl (C=O) groups excluding carboxylic acids is 1. The quantitative estimate of drug-likeness (QED) is 0.302. The summed E-state index contributed by atoms with van der Waals surface area (Å²) in [5, 5.41) is 13.6. The predicted molar refractivity (Wildman–Crippen MR) is 118 cm³/mol. The number of carbonyl (C=O) groups is 1. The molecule has 1 amide bonds. The third kappa shape index (κ3) is 5.24. The number of rotatable bonds is 8. The van der Waals surface area contributed by atoms with E-state index in [1.807, 2.05) is 0 Å². The number of halogens is 1. The summed E-state index contributed by atoms with van der Waals surface area (Å²) in [5.74, 6) is -0.429. The van der Waals surface area contributed by atoms with Gasteiger partial charge in [-0.3, -0.25) is 19.5 Å². The molecule has 0 saturated carbocycles. The van der Waals surface area contributed by atoms with E-state index in [0.29, 0.717) is 29.1 Å².